The standard InChI is InChI=1S/C13H13Cl2N3/c1-18(11-4-2-3-9(5-11)7-16)13-12(15)6-10(14)8-17-13/h2-6,8H,7,16H2,1H3. The Bertz CT molecular complexity index is 558. The van der Waals surface area contributed by atoms with Crippen LogP contribution in [0.2, 0.25) is 10.0 Å². The number of rotatable bonds is 3. The zero-order chi connectivity index (χ0) is 13.1. The maximum Gasteiger partial charge on any atom is 0.151 e. The number of nitrogens with two attached hydrogens (primary N) is 1. The van der Waals surface area contributed by atoms with E-state index in [1.807, 2.05) is 36.2 Å². The summed E-state index contributed by atoms with van der Waals surface area (Å²) in [4.78, 5) is 6.14. The number of halogens is 2. The number of aromatic nitrogens is 1. The molecule has 2 rings (SSSR count). The molecule has 0 aliphatic heterocycles. The molecule has 0 aliphatic rings. The van der Waals surface area contributed by atoms with Crippen LogP contribution < -0.4 is 10.6 Å². The molecule has 18 heavy (non-hydrogen) atoms. The van der Waals surface area contributed by atoms with Gasteiger partial charge in [-0.3, -0.25) is 0 Å². The first kappa shape index (κ1) is 13.1. The number of hydrogen-bond acceptors (Lipinski definition) is 3. The van der Waals surface area contributed by atoms with E-state index in [-0.39, 0.29) is 0 Å². The molecule has 0 radical (unpaired) electrons. The van der Waals surface area contributed by atoms with Crippen molar-refractivity contribution in [2.45, 2.75) is 6.54 Å². The summed E-state index contributed by atoms with van der Waals surface area (Å²) in [7, 11) is 1.90. The average molecular weight is 282 g/mol. The summed E-state index contributed by atoms with van der Waals surface area (Å²) < 4.78 is 0. The van der Waals surface area contributed by atoms with Gasteiger partial charge in [0.15, 0.2) is 5.82 Å². The van der Waals surface area contributed by atoms with Crippen LogP contribution in [0, 0.1) is 0 Å². The molecule has 1 aromatic carbocycles. The minimum absolute atomic E-state index is 0.503. The molecule has 1 aromatic heterocycles. The van der Waals surface area contributed by atoms with Crippen LogP contribution in [0.25, 0.3) is 0 Å². The first-order valence-corrected chi connectivity index (χ1v) is 6.21. The summed E-state index contributed by atoms with van der Waals surface area (Å²) in [6.07, 6.45) is 1.58. The fourth-order valence-corrected chi connectivity index (χ4v) is 2.18. The van der Waals surface area contributed by atoms with E-state index in [1.165, 1.54) is 0 Å². The minimum Gasteiger partial charge on any atom is -0.328 e. The van der Waals surface area contributed by atoms with Crippen molar-refractivity contribution < 1.29 is 0 Å². The third kappa shape index (κ3) is 2.75. The highest BCUT2D eigenvalue weighted by Gasteiger charge is 2.10. The highest BCUT2D eigenvalue weighted by Crippen LogP contribution is 2.30. The Kier molecular flexibility index (Phi) is 4.07. The number of pyridine rings is 1. The number of benzene rings is 1. The fraction of sp³-hybridized carbons (Fsp3) is 0.154. The first-order chi connectivity index (χ1) is 8.61. The molecule has 0 saturated carbocycles. The second-order valence-electron chi connectivity index (χ2n) is 3.89. The van der Waals surface area contributed by atoms with Gasteiger partial charge in [0.25, 0.3) is 0 Å². The van der Waals surface area contributed by atoms with Crippen LogP contribution in [0.3, 0.4) is 0 Å². The van der Waals surface area contributed by atoms with E-state index in [2.05, 4.69) is 4.98 Å². The lowest BCUT2D eigenvalue weighted by Crippen LogP contribution is -2.12. The monoisotopic (exact) mass is 281 g/mol. The van der Waals surface area contributed by atoms with Crippen LogP contribution in [-0.4, -0.2) is 12.0 Å². The van der Waals surface area contributed by atoms with Crippen LogP contribution in [0.15, 0.2) is 36.5 Å². The summed E-state index contributed by atoms with van der Waals surface area (Å²) in [6.45, 7) is 0.503. The second kappa shape index (κ2) is 5.57. The number of nitrogens with zero attached hydrogens (tertiary/aromatic N) is 2. The van der Waals surface area contributed by atoms with Crippen molar-refractivity contribution in [2.24, 2.45) is 5.73 Å². The topological polar surface area (TPSA) is 42.1 Å². The lowest BCUT2D eigenvalue weighted by Gasteiger charge is -2.20. The van der Waals surface area contributed by atoms with Crippen LogP contribution >= 0.6 is 23.2 Å². The quantitative estimate of drug-likeness (QED) is 0.935. The maximum absolute atomic E-state index is 6.13. The van der Waals surface area contributed by atoms with Gasteiger partial charge in [-0.2, -0.15) is 0 Å². The molecule has 0 saturated heterocycles. The van der Waals surface area contributed by atoms with E-state index in [4.69, 9.17) is 28.9 Å². The third-order valence-corrected chi connectivity index (χ3v) is 3.12. The molecule has 0 spiro atoms. The molecule has 0 aliphatic carbocycles. The predicted molar refractivity (Wildman–Crippen MR) is 76.7 cm³/mol. The summed E-state index contributed by atoms with van der Waals surface area (Å²) in [6, 6.07) is 9.60. The first-order valence-electron chi connectivity index (χ1n) is 5.45. The molecule has 0 bridgehead atoms. The van der Waals surface area contributed by atoms with Gasteiger partial charge < -0.3 is 10.6 Å². The van der Waals surface area contributed by atoms with Crippen LogP contribution in [0.1, 0.15) is 5.56 Å². The number of anilines is 2. The van der Waals surface area contributed by atoms with E-state index >= 15 is 0 Å². The molecular weight excluding hydrogens is 269 g/mol. The van der Waals surface area contributed by atoms with Gasteiger partial charge in [-0.25, -0.2) is 4.98 Å². The molecule has 94 valence electrons. The smallest absolute Gasteiger partial charge is 0.151 e. The summed E-state index contributed by atoms with van der Waals surface area (Å²) in [5.41, 5.74) is 7.67. The average Bonchev–Trinajstić information content (AvgIpc) is 2.38. The Labute approximate surface area is 116 Å². The van der Waals surface area contributed by atoms with Gasteiger partial charge in [0.1, 0.15) is 0 Å². The van der Waals surface area contributed by atoms with Gasteiger partial charge in [-0.15, -0.1) is 0 Å². The molecule has 0 atom stereocenters. The lowest BCUT2D eigenvalue weighted by molar-refractivity contribution is 1.06. The largest absolute Gasteiger partial charge is 0.328 e. The van der Waals surface area contributed by atoms with E-state index in [1.54, 1.807) is 12.3 Å². The van der Waals surface area contributed by atoms with E-state index in [9.17, 15) is 0 Å². The summed E-state index contributed by atoms with van der Waals surface area (Å²) in [5, 5.41) is 1.04. The zero-order valence-corrected chi connectivity index (χ0v) is 11.4. The molecule has 0 amide bonds. The van der Waals surface area contributed by atoms with E-state index in [0.29, 0.717) is 22.4 Å². The molecule has 5 heteroatoms. The van der Waals surface area contributed by atoms with Gasteiger partial charge in [0.2, 0.25) is 0 Å². The highest BCUT2D eigenvalue weighted by atomic mass is 35.5. The molecule has 0 fully saturated rings. The SMILES string of the molecule is CN(c1cccc(CN)c1)c1ncc(Cl)cc1Cl. The highest BCUT2D eigenvalue weighted by molar-refractivity contribution is 6.36. The fourth-order valence-electron chi connectivity index (χ4n) is 1.67. The maximum atomic E-state index is 6.13. The van der Waals surface area contributed by atoms with Gasteiger partial charge >= 0.3 is 0 Å². The van der Waals surface area contributed by atoms with E-state index < -0.39 is 0 Å². The Morgan fingerprint density at radius 2 is 2.06 bits per heavy atom. The van der Waals surface area contributed by atoms with Crippen molar-refractivity contribution >= 4 is 34.7 Å². The molecule has 2 aromatic rings. The van der Waals surface area contributed by atoms with Crippen molar-refractivity contribution in [3.05, 3.63) is 52.1 Å². The lowest BCUT2D eigenvalue weighted by atomic mass is 10.2. The van der Waals surface area contributed by atoms with Crippen molar-refractivity contribution in [1.29, 1.82) is 0 Å². The Morgan fingerprint density at radius 1 is 1.28 bits per heavy atom. The van der Waals surface area contributed by atoms with Gasteiger partial charge in [-0.05, 0) is 23.8 Å². The molecular formula is C13H13Cl2N3. The van der Waals surface area contributed by atoms with Crippen LogP contribution in [0.5, 0.6) is 0 Å². The van der Waals surface area contributed by atoms with E-state index in [0.717, 1.165) is 11.3 Å². The summed E-state index contributed by atoms with van der Waals surface area (Å²) >= 11 is 12.0. The minimum atomic E-state index is 0.503. The van der Waals surface area contributed by atoms with Crippen molar-refractivity contribution in [2.75, 3.05) is 11.9 Å². The Balaban J connectivity index is 2.37. The van der Waals surface area contributed by atoms with Crippen molar-refractivity contribution in [1.82, 2.24) is 4.98 Å². The Morgan fingerprint density at radius 3 is 2.72 bits per heavy atom. The van der Waals surface area contributed by atoms with Crippen molar-refractivity contribution in [3.63, 3.8) is 0 Å². The second-order valence-corrected chi connectivity index (χ2v) is 4.74. The molecule has 3 nitrogen and oxygen atoms in total. The molecule has 2 N–H and O–H groups in total. The van der Waals surface area contributed by atoms with Crippen molar-refractivity contribution in [3.8, 4) is 0 Å². The van der Waals surface area contributed by atoms with Gasteiger partial charge in [0, 0.05) is 25.5 Å². The molecule has 1 heterocycles. The van der Waals surface area contributed by atoms with Crippen LogP contribution in [0.4, 0.5) is 11.5 Å². The number of hydrogen-bond donors (Lipinski definition) is 1. The zero-order valence-electron chi connectivity index (χ0n) is 9.90. The van der Waals surface area contributed by atoms with Crippen LogP contribution in [-0.2, 0) is 6.54 Å². The molecule has 0 unspecified atom stereocenters. The predicted octanol–water partition coefficient (Wildman–Crippen LogP) is 3.62. The Hall–Kier alpha value is -1.29. The normalized spacial score (nSPS) is 10.4. The van der Waals surface area contributed by atoms with Gasteiger partial charge in [0.05, 0.1) is 10.0 Å². The summed E-state index contributed by atoms with van der Waals surface area (Å²) in [5.74, 6) is 0.662. The van der Waals surface area contributed by atoms with Gasteiger partial charge in [-0.1, -0.05) is 35.3 Å². The third-order valence-electron chi connectivity index (χ3n) is 2.64.